The van der Waals surface area contributed by atoms with Crippen LogP contribution in [-0.2, 0) is 9.63 Å². The Morgan fingerprint density at radius 3 is 3.00 bits per heavy atom. The minimum Gasteiger partial charge on any atom is -0.489 e. The molecular weight excluding hydrogens is 400 g/mol. The minimum absolute atomic E-state index is 0.108. The quantitative estimate of drug-likeness (QED) is 0.249. The standard InChI is InChI=1S/C18H26N4O6S/c1-18(2,11-19-16(24)7-4-8-28-22(25)26)21-9-13(23)10-27-15-6-3-5-14-17(15)29-12-20-14/h3,5-6,12-13,21,23H,4,7-11H2,1-2H3,(H,19,24). The van der Waals surface area contributed by atoms with Crippen LogP contribution in [0, 0.1) is 10.1 Å². The van der Waals surface area contributed by atoms with E-state index in [1.807, 2.05) is 32.0 Å². The maximum atomic E-state index is 11.8. The van der Waals surface area contributed by atoms with Crippen molar-refractivity contribution < 1.29 is 24.6 Å². The van der Waals surface area contributed by atoms with E-state index in [4.69, 9.17) is 4.74 Å². The number of nitrogens with zero attached hydrogens (tertiary/aromatic N) is 2. The molecule has 29 heavy (non-hydrogen) atoms. The van der Waals surface area contributed by atoms with Gasteiger partial charge < -0.3 is 25.3 Å². The average molecular weight is 426 g/mol. The molecule has 0 aliphatic heterocycles. The second-order valence-corrected chi connectivity index (χ2v) is 7.98. The number of carbonyl (C=O) groups is 1. The molecule has 0 saturated carbocycles. The van der Waals surface area contributed by atoms with Gasteiger partial charge in [0.25, 0.3) is 5.09 Å². The number of thiazole rings is 1. The Bertz CT molecular complexity index is 813. The molecule has 0 fully saturated rings. The van der Waals surface area contributed by atoms with Crippen LogP contribution >= 0.6 is 11.3 Å². The number of benzene rings is 1. The Labute approximate surface area is 172 Å². The van der Waals surface area contributed by atoms with Crippen molar-refractivity contribution in [3.05, 3.63) is 33.8 Å². The first-order chi connectivity index (χ1) is 13.8. The average Bonchev–Trinajstić information content (AvgIpc) is 3.16. The van der Waals surface area contributed by atoms with Gasteiger partial charge in [0.05, 0.1) is 22.3 Å². The highest BCUT2D eigenvalue weighted by Crippen LogP contribution is 2.28. The molecular formula is C18H26N4O6S. The number of amides is 1. The first-order valence-electron chi connectivity index (χ1n) is 9.19. The third kappa shape index (κ3) is 8.18. The van der Waals surface area contributed by atoms with E-state index < -0.39 is 16.7 Å². The lowest BCUT2D eigenvalue weighted by Crippen LogP contribution is -2.51. The zero-order valence-corrected chi connectivity index (χ0v) is 17.2. The van der Waals surface area contributed by atoms with Crippen LogP contribution in [0.15, 0.2) is 23.7 Å². The van der Waals surface area contributed by atoms with Gasteiger partial charge >= 0.3 is 0 Å². The molecule has 160 valence electrons. The molecule has 0 saturated heterocycles. The number of aliphatic hydroxyl groups is 1. The maximum absolute atomic E-state index is 11.8. The molecule has 11 heteroatoms. The maximum Gasteiger partial charge on any atom is 0.294 e. The zero-order valence-electron chi connectivity index (χ0n) is 16.4. The predicted octanol–water partition coefficient (Wildman–Crippen LogP) is 1.51. The highest BCUT2D eigenvalue weighted by molar-refractivity contribution is 7.17. The van der Waals surface area contributed by atoms with E-state index in [2.05, 4.69) is 20.5 Å². The van der Waals surface area contributed by atoms with Gasteiger partial charge in [0, 0.05) is 25.0 Å². The number of β-amino-alcohol motifs (C(OH)–C–C–N with tert-alkyl or cyclic N) is 1. The van der Waals surface area contributed by atoms with E-state index in [9.17, 15) is 20.0 Å². The summed E-state index contributed by atoms with van der Waals surface area (Å²) in [4.78, 5) is 30.2. The van der Waals surface area contributed by atoms with E-state index >= 15 is 0 Å². The molecule has 0 aliphatic carbocycles. The molecule has 1 atom stereocenters. The van der Waals surface area contributed by atoms with Crippen LogP contribution in [0.1, 0.15) is 26.7 Å². The fraction of sp³-hybridized carbons (Fsp3) is 0.556. The van der Waals surface area contributed by atoms with Crippen LogP contribution in [0.25, 0.3) is 10.2 Å². The number of hydrogen-bond acceptors (Lipinski definition) is 9. The van der Waals surface area contributed by atoms with Crippen molar-refractivity contribution in [1.82, 2.24) is 15.6 Å². The van der Waals surface area contributed by atoms with Gasteiger partial charge in [-0.3, -0.25) is 4.79 Å². The number of rotatable bonds is 13. The van der Waals surface area contributed by atoms with Crippen molar-refractivity contribution >= 4 is 27.5 Å². The molecule has 1 unspecified atom stereocenters. The Morgan fingerprint density at radius 2 is 2.24 bits per heavy atom. The van der Waals surface area contributed by atoms with Gasteiger partial charge in [-0.05, 0) is 32.4 Å². The van der Waals surface area contributed by atoms with Gasteiger partial charge in [0.15, 0.2) is 0 Å². The molecule has 0 spiro atoms. The molecule has 1 aromatic carbocycles. The lowest BCUT2D eigenvalue weighted by Gasteiger charge is -2.28. The van der Waals surface area contributed by atoms with E-state index in [1.54, 1.807) is 5.51 Å². The van der Waals surface area contributed by atoms with Gasteiger partial charge in [0.1, 0.15) is 18.5 Å². The van der Waals surface area contributed by atoms with Crippen LogP contribution in [-0.4, -0.2) is 59.0 Å². The number of carbonyl (C=O) groups excluding carboxylic acids is 1. The minimum atomic E-state index is -0.877. The Kier molecular flexibility index (Phi) is 8.55. The Balaban J connectivity index is 1.66. The topological polar surface area (TPSA) is 136 Å². The fourth-order valence-electron chi connectivity index (χ4n) is 2.46. The van der Waals surface area contributed by atoms with Crippen LogP contribution in [0.4, 0.5) is 0 Å². The molecule has 1 amide bonds. The van der Waals surface area contributed by atoms with Crippen molar-refractivity contribution in [2.24, 2.45) is 0 Å². The predicted molar refractivity (Wildman–Crippen MR) is 108 cm³/mol. The van der Waals surface area contributed by atoms with Crippen LogP contribution < -0.4 is 15.4 Å². The summed E-state index contributed by atoms with van der Waals surface area (Å²) in [7, 11) is 0. The van der Waals surface area contributed by atoms with Crippen LogP contribution in [0.3, 0.4) is 0 Å². The van der Waals surface area contributed by atoms with E-state index in [1.165, 1.54) is 11.3 Å². The van der Waals surface area contributed by atoms with Gasteiger partial charge in [-0.2, -0.15) is 0 Å². The number of aliphatic hydroxyl groups excluding tert-OH is 1. The summed E-state index contributed by atoms with van der Waals surface area (Å²) in [5.41, 5.74) is 2.16. The molecule has 3 N–H and O–H groups in total. The van der Waals surface area contributed by atoms with Gasteiger partial charge in [-0.1, -0.05) is 6.07 Å². The molecule has 0 radical (unpaired) electrons. The monoisotopic (exact) mass is 426 g/mol. The second-order valence-electron chi connectivity index (χ2n) is 7.12. The molecule has 2 rings (SSSR count). The van der Waals surface area contributed by atoms with Gasteiger partial charge in [0.2, 0.25) is 5.91 Å². The van der Waals surface area contributed by atoms with E-state index in [0.717, 1.165) is 10.2 Å². The Morgan fingerprint density at radius 1 is 1.45 bits per heavy atom. The second kappa shape index (κ2) is 10.9. The molecule has 2 aromatic rings. The largest absolute Gasteiger partial charge is 0.489 e. The summed E-state index contributed by atoms with van der Waals surface area (Å²) in [5.74, 6) is 0.477. The molecule has 0 bridgehead atoms. The summed E-state index contributed by atoms with van der Waals surface area (Å²) in [6, 6.07) is 5.61. The summed E-state index contributed by atoms with van der Waals surface area (Å²) in [6.07, 6.45) is -0.320. The summed E-state index contributed by atoms with van der Waals surface area (Å²) < 4.78 is 6.67. The lowest BCUT2D eigenvalue weighted by atomic mass is 10.1. The molecule has 0 aliphatic rings. The molecule has 1 heterocycles. The van der Waals surface area contributed by atoms with Crippen molar-refractivity contribution in [3.63, 3.8) is 0 Å². The smallest absolute Gasteiger partial charge is 0.294 e. The lowest BCUT2D eigenvalue weighted by molar-refractivity contribution is -0.757. The first kappa shape index (κ1) is 22.8. The third-order valence-electron chi connectivity index (χ3n) is 4.04. The number of aromatic nitrogens is 1. The summed E-state index contributed by atoms with van der Waals surface area (Å²) in [6.45, 7) is 4.45. The highest BCUT2D eigenvalue weighted by Gasteiger charge is 2.20. The summed E-state index contributed by atoms with van der Waals surface area (Å²) in [5, 5.41) is 25.3. The van der Waals surface area contributed by atoms with Crippen molar-refractivity contribution in [2.75, 3.05) is 26.3 Å². The fourth-order valence-corrected chi connectivity index (χ4v) is 3.21. The highest BCUT2D eigenvalue weighted by atomic mass is 32.1. The zero-order chi connectivity index (χ0) is 21.3. The van der Waals surface area contributed by atoms with Gasteiger partial charge in [-0.25, -0.2) is 4.98 Å². The van der Waals surface area contributed by atoms with E-state index in [0.29, 0.717) is 12.3 Å². The number of fused-ring (bicyclic) bond motifs is 1. The SMILES string of the molecule is CC(C)(CNC(=O)CCCO[N+](=O)[O-])NCC(O)COc1cccc2ncsc12. The molecule has 10 nitrogen and oxygen atoms in total. The first-order valence-corrected chi connectivity index (χ1v) is 10.1. The van der Waals surface area contributed by atoms with Crippen LogP contribution in [0.2, 0.25) is 0 Å². The van der Waals surface area contributed by atoms with Crippen LogP contribution in [0.5, 0.6) is 5.75 Å². The van der Waals surface area contributed by atoms with Crippen molar-refractivity contribution in [2.45, 2.75) is 38.3 Å². The van der Waals surface area contributed by atoms with Gasteiger partial charge in [-0.15, -0.1) is 21.5 Å². The Hall–Kier alpha value is -2.50. The molecule has 1 aromatic heterocycles. The number of hydrogen-bond donors (Lipinski definition) is 3. The number of nitrogens with one attached hydrogen (secondary N) is 2. The van der Waals surface area contributed by atoms with Crippen molar-refractivity contribution in [1.29, 1.82) is 0 Å². The van der Waals surface area contributed by atoms with E-state index in [-0.39, 0.29) is 38.5 Å². The summed E-state index contributed by atoms with van der Waals surface area (Å²) >= 11 is 1.49. The van der Waals surface area contributed by atoms with Crippen molar-refractivity contribution in [3.8, 4) is 5.75 Å². The third-order valence-corrected chi connectivity index (χ3v) is 4.90. The number of ether oxygens (including phenoxy) is 1. The normalized spacial score (nSPS) is 12.5.